The number of fused-ring (bicyclic) bond motifs is 1. The van der Waals surface area contributed by atoms with Crippen molar-refractivity contribution >= 4 is 10.8 Å². The maximum Gasteiger partial charge on any atom is 0.164 e. The van der Waals surface area contributed by atoms with Gasteiger partial charge in [-0.1, -0.05) is 200 Å². The second-order valence-electron chi connectivity index (χ2n) is 14.7. The largest absolute Gasteiger partial charge is 0.208 e. The van der Waals surface area contributed by atoms with Crippen LogP contribution in [0, 0.1) is 11.3 Å². The normalized spacial score (nSPS) is 11.0. The molecule has 0 unspecified atom stereocenters. The fourth-order valence-corrected chi connectivity index (χ4v) is 7.86. The highest BCUT2D eigenvalue weighted by molar-refractivity contribution is 6.05. The van der Waals surface area contributed by atoms with E-state index in [4.69, 9.17) is 15.0 Å². The molecule has 0 saturated carbocycles. The van der Waals surface area contributed by atoms with Gasteiger partial charge in [0.05, 0.1) is 11.6 Å². The predicted molar refractivity (Wildman–Crippen MR) is 246 cm³/mol. The maximum atomic E-state index is 9.22. The average Bonchev–Trinajstić information content (AvgIpc) is 3.34. The molecule has 0 radical (unpaired) electrons. The Labute approximate surface area is 349 Å². The summed E-state index contributed by atoms with van der Waals surface area (Å²) < 4.78 is 0. The zero-order chi connectivity index (χ0) is 40.3. The molecule has 4 nitrogen and oxygen atoms in total. The third-order valence-electron chi connectivity index (χ3n) is 11.0. The Morgan fingerprint density at radius 2 is 0.600 bits per heavy atom. The number of hydrogen-bond acceptors (Lipinski definition) is 4. The predicted octanol–water partition coefficient (Wildman–Crippen LogP) is 14.2. The molecule has 10 rings (SSSR count). The molecule has 60 heavy (non-hydrogen) atoms. The van der Waals surface area contributed by atoms with E-state index in [1.54, 1.807) is 0 Å². The van der Waals surface area contributed by atoms with E-state index in [1.165, 1.54) is 10.9 Å². The van der Waals surface area contributed by atoms with Gasteiger partial charge in [0.2, 0.25) is 0 Å². The molecule has 9 aromatic carbocycles. The lowest BCUT2D eigenvalue weighted by Crippen LogP contribution is -2.00. The molecule has 4 heteroatoms. The molecule has 0 aliphatic rings. The van der Waals surface area contributed by atoms with Crippen molar-refractivity contribution in [2.24, 2.45) is 0 Å². The lowest BCUT2D eigenvalue weighted by molar-refractivity contribution is 1.07. The molecule has 0 saturated heterocycles. The van der Waals surface area contributed by atoms with Crippen LogP contribution in [0.4, 0.5) is 0 Å². The van der Waals surface area contributed by atoms with Crippen LogP contribution in [-0.4, -0.2) is 15.0 Å². The highest BCUT2D eigenvalue weighted by Crippen LogP contribution is 2.38. The van der Waals surface area contributed by atoms with Crippen LogP contribution in [0.5, 0.6) is 0 Å². The van der Waals surface area contributed by atoms with Gasteiger partial charge in [0, 0.05) is 16.7 Å². The first-order chi connectivity index (χ1) is 29.7. The summed E-state index contributed by atoms with van der Waals surface area (Å²) in [4.78, 5) is 15.3. The van der Waals surface area contributed by atoms with Crippen molar-refractivity contribution in [3.8, 4) is 95.9 Å². The fraction of sp³-hybridized carbons (Fsp3) is 0. The van der Waals surface area contributed by atoms with E-state index >= 15 is 0 Å². The second kappa shape index (κ2) is 15.9. The van der Waals surface area contributed by atoms with E-state index in [9.17, 15) is 5.26 Å². The minimum Gasteiger partial charge on any atom is -0.208 e. The van der Waals surface area contributed by atoms with Gasteiger partial charge < -0.3 is 0 Å². The SMILES string of the molecule is N#Cc1ccc(-c2ccc(-c3ccc(-c4cccc(-c5nc(-c6ccc(-c7ccccc7)cc6)nc(-c6ccc(-c7ccccc7)cc6)n5)c4)c4ccccc34)cc2)cc1. The van der Waals surface area contributed by atoms with Gasteiger partial charge in [0.1, 0.15) is 0 Å². The Morgan fingerprint density at radius 1 is 0.267 bits per heavy atom. The van der Waals surface area contributed by atoms with Crippen LogP contribution in [0.1, 0.15) is 5.56 Å². The monoisotopic (exact) mass is 764 g/mol. The molecule has 0 spiro atoms. The van der Waals surface area contributed by atoms with E-state index in [0.29, 0.717) is 23.0 Å². The Hall–Kier alpha value is -8.26. The number of nitriles is 1. The first kappa shape index (κ1) is 36.1. The number of hydrogen-bond donors (Lipinski definition) is 0. The van der Waals surface area contributed by atoms with Gasteiger partial charge in [-0.3, -0.25) is 0 Å². The van der Waals surface area contributed by atoms with Crippen molar-refractivity contribution in [1.29, 1.82) is 5.26 Å². The summed E-state index contributed by atoms with van der Waals surface area (Å²) in [5, 5.41) is 11.6. The molecule has 1 heterocycles. The van der Waals surface area contributed by atoms with Crippen LogP contribution in [0.25, 0.3) is 101 Å². The van der Waals surface area contributed by atoms with Crippen molar-refractivity contribution in [3.05, 3.63) is 224 Å². The average molecular weight is 765 g/mol. The smallest absolute Gasteiger partial charge is 0.164 e. The van der Waals surface area contributed by atoms with Crippen LogP contribution in [0.15, 0.2) is 218 Å². The summed E-state index contributed by atoms with van der Waals surface area (Å²) in [6.45, 7) is 0. The number of rotatable bonds is 8. The third kappa shape index (κ3) is 7.24. The third-order valence-corrected chi connectivity index (χ3v) is 11.0. The van der Waals surface area contributed by atoms with Crippen molar-refractivity contribution in [3.63, 3.8) is 0 Å². The molecule has 0 atom stereocenters. The van der Waals surface area contributed by atoms with Crippen LogP contribution >= 0.6 is 0 Å². The minimum absolute atomic E-state index is 0.611. The van der Waals surface area contributed by atoms with Crippen LogP contribution in [0.3, 0.4) is 0 Å². The van der Waals surface area contributed by atoms with Gasteiger partial charge in [-0.05, 0) is 84.6 Å². The highest BCUT2D eigenvalue weighted by Gasteiger charge is 2.16. The molecular weight excluding hydrogens is 729 g/mol. The Bertz CT molecular complexity index is 3050. The number of benzene rings is 9. The first-order valence-corrected chi connectivity index (χ1v) is 20.0. The van der Waals surface area contributed by atoms with Crippen molar-refractivity contribution in [2.75, 3.05) is 0 Å². The number of nitrogens with zero attached hydrogens (tertiary/aromatic N) is 4. The highest BCUT2D eigenvalue weighted by atomic mass is 15.0. The molecular formula is C56H36N4. The van der Waals surface area contributed by atoms with Gasteiger partial charge in [0.15, 0.2) is 17.5 Å². The number of aromatic nitrogens is 3. The maximum absolute atomic E-state index is 9.22. The molecule has 0 aliphatic carbocycles. The molecule has 0 amide bonds. The van der Waals surface area contributed by atoms with Gasteiger partial charge in [-0.25, -0.2) is 15.0 Å². The van der Waals surface area contributed by atoms with E-state index in [2.05, 4.69) is 188 Å². The Morgan fingerprint density at radius 3 is 1.07 bits per heavy atom. The van der Waals surface area contributed by atoms with Gasteiger partial charge in [-0.2, -0.15) is 5.26 Å². The summed E-state index contributed by atoms with van der Waals surface area (Å²) in [6.07, 6.45) is 0. The van der Waals surface area contributed by atoms with E-state index in [0.717, 1.165) is 72.1 Å². The van der Waals surface area contributed by atoms with E-state index in [1.807, 2.05) is 36.4 Å². The molecule has 1 aromatic heterocycles. The minimum atomic E-state index is 0.611. The second-order valence-corrected chi connectivity index (χ2v) is 14.7. The standard InChI is InChI=1S/C56H36N4/c57-37-38-18-20-41(21-19-38)44-22-28-45(29-23-44)50-34-35-51(53-17-8-7-16-52(50)53)48-14-9-15-49(36-48)56-59-54(46-30-24-42(25-31-46)39-10-3-1-4-11-39)58-55(60-56)47-32-26-43(27-33-47)40-12-5-2-6-13-40/h1-36H. The molecule has 0 fully saturated rings. The molecule has 0 aliphatic heterocycles. The molecule has 0 bridgehead atoms. The van der Waals surface area contributed by atoms with Gasteiger partial charge in [0.25, 0.3) is 0 Å². The molecule has 0 N–H and O–H groups in total. The van der Waals surface area contributed by atoms with Crippen LogP contribution in [0.2, 0.25) is 0 Å². The summed E-state index contributed by atoms with van der Waals surface area (Å²) in [5.41, 5.74) is 14.7. The summed E-state index contributed by atoms with van der Waals surface area (Å²) >= 11 is 0. The van der Waals surface area contributed by atoms with Crippen LogP contribution in [-0.2, 0) is 0 Å². The topological polar surface area (TPSA) is 62.5 Å². The van der Waals surface area contributed by atoms with Crippen molar-refractivity contribution < 1.29 is 0 Å². The van der Waals surface area contributed by atoms with Crippen molar-refractivity contribution in [1.82, 2.24) is 15.0 Å². The summed E-state index contributed by atoms with van der Waals surface area (Å²) in [5.74, 6) is 1.85. The zero-order valence-electron chi connectivity index (χ0n) is 32.6. The summed E-state index contributed by atoms with van der Waals surface area (Å²) in [6, 6.07) is 77.8. The molecule has 10 aromatic rings. The Balaban J connectivity index is 1.03. The van der Waals surface area contributed by atoms with Gasteiger partial charge >= 0.3 is 0 Å². The van der Waals surface area contributed by atoms with E-state index in [-0.39, 0.29) is 0 Å². The zero-order valence-corrected chi connectivity index (χ0v) is 32.6. The van der Waals surface area contributed by atoms with Crippen molar-refractivity contribution in [2.45, 2.75) is 0 Å². The lowest BCUT2D eigenvalue weighted by Gasteiger charge is -2.14. The molecule has 280 valence electrons. The lowest BCUT2D eigenvalue weighted by atomic mass is 9.91. The van der Waals surface area contributed by atoms with E-state index < -0.39 is 0 Å². The van der Waals surface area contributed by atoms with Gasteiger partial charge in [-0.15, -0.1) is 0 Å². The Kier molecular flexibility index (Phi) is 9.59. The summed E-state index contributed by atoms with van der Waals surface area (Å²) in [7, 11) is 0. The fourth-order valence-electron chi connectivity index (χ4n) is 7.86. The first-order valence-electron chi connectivity index (χ1n) is 20.0. The van der Waals surface area contributed by atoms with Crippen LogP contribution < -0.4 is 0 Å². The quantitative estimate of drug-likeness (QED) is 0.155.